The third-order valence-corrected chi connectivity index (χ3v) is 6.92. The van der Waals surface area contributed by atoms with E-state index >= 15 is 0 Å². The Morgan fingerprint density at radius 2 is 1.84 bits per heavy atom. The van der Waals surface area contributed by atoms with E-state index in [1.165, 1.54) is 0 Å². The molecule has 2 aromatic heterocycles. The number of aromatic nitrogens is 4. The highest BCUT2D eigenvalue weighted by atomic mass is 35.5. The Hall–Kier alpha value is -3.91. The van der Waals surface area contributed by atoms with Crippen LogP contribution in [0.5, 0.6) is 5.75 Å². The van der Waals surface area contributed by atoms with Crippen molar-refractivity contribution in [3.05, 3.63) is 78.1 Å². The predicted molar refractivity (Wildman–Crippen MR) is 145 cm³/mol. The highest BCUT2D eigenvalue weighted by Gasteiger charge is 2.27. The summed E-state index contributed by atoms with van der Waals surface area (Å²) >= 11 is 6.44. The van der Waals surface area contributed by atoms with Gasteiger partial charge in [0.2, 0.25) is 0 Å². The first kappa shape index (κ1) is 24.8. The van der Waals surface area contributed by atoms with Crippen LogP contribution in [0.3, 0.4) is 0 Å². The van der Waals surface area contributed by atoms with Gasteiger partial charge in [-0.1, -0.05) is 42.6 Å². The number of para-hydroxylation sites is 1. The van der Waals surface area contributed by atoms with E-state index in [4.69, 9.17) is 26.4 Å². The summed E-state index contributed by atoms with van der Waals surface area (Å²) in [6.45, 7) is 0.981. The van der Waals surface area contributed by atoms with E-state index in [0.29, 0.717) is 35.5 Å². The normalized spacial score (nSPS) is 13.5. The lowest BCUT2D eigenvalue weighted by molar-refractivity contribution is 0.184. The van der Waals surface area contributed by atoms with Gasteiger partial charge >= 0.3 is 6.03 Å². The average Bonchev–Trinajstić information content (AvgIpc) is 3.61. The van der Waals surface area contributed by atoms with Crippen molar-refractivity contribution in [1.82, 2.24) is 24.6 Å². The van der Waals surface area contributed by atoms with Crippen LogP contribution < -0.4 is 10.1 Å². The molecule has 1 N–H and O–H groups in total. The maximum Gasteiger partial charge on any atom is 0.322 e. The number of nitrogens with one attached hydrogen (secondary N) is 1. The largest absolute Gasteiger partial charge is 0.495 e. The number of rotatable bonds is 8. The number of hydrogen-bond acceptors (Lipinski definition) is 5. The van der Waals surface area contributed by atoms with E-state index in [9.17, 15) is 4.79 Å². The molecule has 37 heavy (non-hydrogen) atoms. The highest BCUT2D eigenvalue weighted by Crippen LogP contribution is 2.31. The number of carbonyl (C=O) groups excluding carboxylic acids is 1. The third kappa shape index (κ3) is 5.75. The maximum atomic E-state index is 13.3. The minimum atomic E-state index is -0.0957. The monoisotopic (exact) mass is 516 g/mol. The molecule has 190 valence electrons. The van der Waals surface area contributed by atoms with Crippen molar-refractivity contribution < 1.29 is 9.53 Å². The average molecular weight is 517 g/mol. The molecule has 0 radical (unpaired) electrons. The van der Waals surface area contributed by atoms with Crippen molar-refractivity contribution in [2.45, 2.75) is 38.3 Å². The van der Waals surface area contributed by atoms with Gasteiger partial charge in [-0.15, -0.1) is 0 Å². The molecular weight excluding hydrogens is 488 g/mol. The zero-order chi connectivity index (χ0) is 25.6. The standard InChI is InChI=1S/C28H29ClN6O2/c1-37-25-12-11-21(19-24(25)29)27-32-26(20-13-15-30-16-14-20)33-35(27)18-17-34(23-9-5-6-10-23)28(36)31-22-7-3-2-4-8-22/h2-4,7-8,11-16,19,23H,5-6,9-10,17-18H2,1H3,(H,31,36). The summed E-state index contributed by atoms with van der Waals surface area (Å²) in [6, 6.07) is 19.0. The number of ether oxygens (including phenoxy) is 1. The molecular formula is C28H29ClN6O2. The Labute approximate surface area is 221 Å². The zero-order valence-corrected chi connectivity index (χ0v) is 21.4. The molecule has 0 aliphatic heterocycles. The lowest BCUT2D eigenvalue weighted by atomic mass is 10.2. The van der Waals surface area contributed by atoms with Gasteiger partial charge in [-0.3, -0.25) is 4.98 Å². The number of anilines is 1. The minimum absolute atomic E-state index is 0.0957. The van der Waals surface area contributed by atoms with Crippen LogP contribution in [-0.4, -0.2) is 50.4 Å². The highest BCUT2D eigenvalue weighted by molar-refractivity contribution is 6.32. The van der Waals surface area contributed by atoms with Gasteiger partial charge in [0, 0.05) is 41.8 Å². The molecule has 1 aliphatic rings. The van der Waals surface area contributed by atoms with Gasteiger partial charge in [0.25, 0.3) is 0 Å². The second-order valence-electron chi connectivity index (χ2n) is 9.00. The van der Waals surface area contributed by atoms with Crippen molar-refractivity contribution in [2.75, 3.05) is 19.0 Å². The first-order valence-corrected chi connectivity index (χ1v) is 12.8. The summed E-state index contributed by atoms with van der Waals surface area (Å²) in [5.74, 6) is 1.85. The van der Waals surface area contributed by atoms with Crippen molar-refractivity contribution in [3.63, 3.8) is 0 Å². The zero-order valence-electron chi connectivity index (χ0n) is 20.7. The second-order valence-corrected chi connectivity index (χ2v) is 9.40. The fourth-order valence-corrected chi connectivity index (χ4v) is 4.98. The van der Waals surface area contributed by atoms with Crippen LogP contribution in [0.4, 0.5) is 10.5 Å². The number of urea groups is 1. The van der Waals surface area contributed by atoms with Gasteiger partial charge in [-0.2, -0.15) is 5.10 Å². The number of carbonyl (C=O) groups is 1. The van der Waals surface area contributed by atoms with E-state index in [0.717, 1.165) is 42.5 Å². The smallest absolute Gasteiger partial charge is 0.322 e. The summed E-state index contributed by atoms with van der Waals surface area (Å²) < 4.78 is 7.17. The Kier molecular flexibility index (Phi) is 7.65. The fourth-order valence-electron chi connectivity index (χ4n) is 4.73. The predicted octanol–water partition coefficient (Wildman–Crippen LogP) is 6.15. The molecule has 0 unspecified atom stereocenters. The minimum Gasteiger partial charge on any atom is -0.495 e. The summed E-state index contributed by atoms with van der Waals surface area (Å²) in [5.41, 5.74) is 2.47. The number of hydrogen-bond donors (Lipinski definition) is 1. The van der Waals surface area contributed by atoms with Crippen LogP contribution in [0.15, 0.2) is 73.1 Å². The molecule has 0 bridgehead atoms. The number of pyridine rings is 1. The first-order valence-electron chi connectivity index (χ1n) is 12.4. The van der Waals surface area contributed by atoms with E-state index in [1.807, 2.05) is 70.2 Å². The van der Waals surface area contributed by atoms with Crippen LogP contribution in [0.25, 0.3) is 22.8 Å². The molecule has 5 rings (SSSR count). The van der Waals surface area contributed by atoms with Crippen molar-refractivity contribution in [3.8, 4) is 28.5 Å². The molecule has 0 spiro atoms. The summed E-state index contributed by atoms with van der Waals surface area (Å²) in [5, 5.41) is 8.37. The van der Waals surface area contributed by atoms with Crippen molar-refractivity contribution in [2.24, 2.45) is 0 Å². The number of halogens is 1. The molecule has 2 heterocycles. The summed E-state index contributed by atoms with van der Waals surface area (Å²) in [4.78, 5) is 24.2. The molecule has 4 aromatic rings. The third-order valence-electron chi connectivity index (χ3n) is 6.62. The van der Waals surface area contributed by atoms with Crippen LogP contribution in [0.1, 0.15) is 25.7 Å². The number of benzene rings is 2. The quantitative estimate of drug-likeness (QED) is 0.304. The molecule has 8 nitrogen and oxygen atoms in total. The number of nitrogens with zero attached hydrogens (tertiary/aromatic N) is 5. The molecule has 1 saturated carbocycles. The molecule has 2 aromatic carbocycles. The molecule has 2 amide bonds. The SMILES string of the molecule is COc1ccc(-c2nc(-c3ccncc3)nn2CCN(C(=O)Nc2ccccc2)C2CCCC2)cc1Cl. The lowest BCUT2D eigenvalue weighted by Crippen LogP contribution is -2.43. The molecule has 0 atom stereocenters. The van der Waals surface area contributed by atoms with Gasteiger partial charge < -0.3 is 15.0 Å². The molecule has 1 fully saturated rings. The number of methoxy groups -OCH3 is 1. The Bertz CT molecular complexity index is 1340. The van der Waals surface area contributed by atoms with Crippen molar-refractivity contribution >= 4 is 23.3 Å². The van der Waals surface area contributed by atoms with Crippen LogP contribution in [-0.2, 0) is 6.54 Å². The Balaban J connectivity index is 1.44. The lowest BCUT2D eigenvalue weighted by Gasteiger charge is -2.29. The van der Waals surface area contributed by atoms with Gasteiger partial charge in [-0.25, -0.2) is 14.5 Å². The molecule has 9 heteroatoms. The first-order chi connectivity index (χ1) is 18.1. The maximum absolute atomic E-state index is 13.3. The summed E-state index contributed by atoms with van der Waals surface area (Å²) in [7, 11) is 1.59. The fraction of sp³-hybridized carbons (Fsp3) is 0.286. The van der Waals surface area contributed by atoms with Crippen LogP contribution in [0.2, 0.25) is 5.02 Å². The van der Waals surface area contributed by atoms with E-state index in [1.54, 1.807) is 19.5 Å². The van der Waals surface area contributed by atoms with E-state index in [2.05, 4.69) is 10.3 Å². The van der Waals surface area contributed by atoms with Crippen molar-refractivity contribution in [1.29, 1.82) is 0 Å². The molecule has 1 aliphatic carbocycles. The van der Waals surface area contributed by atoms with Gasteiger partial charge in [0.1, 0.15) is 5.75 Å². The molecule has 0 saturated heterocycles. The number of amides is 2. The Morgan fingerprint density at radius 3 is 2.54 bits per heavy atom. The van der Waals surface area contributed by atoms with Crippen LogP contribution >= 0.6 is 11.6 Å². The topological polar surface area (TPSA) is 85.2 Å². The van der Waals surface area contributed by atoms with E-state index < -0.39 is 0 Å². The van der Waals surface area contributed by atoms with Gasteiger partial charge in [-0.05, 0) is 55.3 Å². The van der Waals surface area contributed by atoms with Crippen LogP contribution in [0, 0.1) is 0 Å². The van der Waals surface area contributed by atoms with Gasteiger partial charge in [0.05, 0.1) is 18.7 Å². The van der Waals surface area contributed by atoms with E-state index in [-0.39, 0.29) is 12.1 Å². The Morgan fingerprint density at radius 1 is 1.08 bits per heavy atom. The summed E-state index contributed by atoms with van der Waals surface area (Å²) in [6.07, 6.45) is 7.70. The van der Waals surface area contributed by atoms with Gasteiger partial charge in [0.15, 0.2) is 11.6 Å². The second kappa shape index (κ2) is 11.4.